The van der Waals surface area contributed by atoms with Crippen molar-refractivity contribution in [1.82, 2.24) is 10.2 Å². The minimum atomic E-state index is -0.559. The lowest BCUT2D eigenvalue weighted by Gasteiger charge is -2.30. The number of carbonyl (C=O) groups is 2. The quantitative estimate of drug-likeness (QED) is 0.596. The third-order valence-electron chi connectivity index (χ3n) is 6.21. The molecule has 3 fully saturated rings. The van der Waals surface area contributed by atoms with Crippen molar-refractivity contribution < 1.29 is 23.8 Å². The number of hydrogen-bond acceptors (Lipinski definition) is 7. The Morgan fingerprint density at radius 3 is 2.59 bits per heavy atom. The van der Waals surface area contributed by atoms with Crippen LogP contribution in [0.15, 0.2) is 59.5 Å². The number of rotatable bonds is 7. The highest BCUT2D eigenvalue weighted by Crippen LogP contribution is 2.38. The highest BCUT2D eigenvalue weighted by molar-refractivity contribution is 8.18. The van der Waals surface area contributed by atoms with Gasteiger partial charge in [-0.3, -0.25) is 19.8 Å². The molecule has 34 heavy (non-hydrogen) atoms. The molecule has 0 aromatic heterocycles. The van der Waals surface area contributed by atoms with Crippen LogP contribution in [0.2, 0.25) is 0 Å². The van der Waals surface area contributed by atoms with E-state index < -0.39 is 5.79 Å². The average molecular weight is 481 g/mol. The Balaban J connectivity index is 1.20. The maximum atomic E-state index is 11.7. The standard InChI is InChI=1S/C26H28N2O5S/c1-26(2)32-21-16-28(15-18-6-4-3-5-7-18)20(23(21)33-26)12-13-31-19-10-8-17(9-11-19)14-22-24(29)27-25(30)34-22/h3-11,14,20-21,23H,12-13,15-16H2,1-2H3,(H,27,29,30)/b22-14-/t20-,21+,23-/m0/s1. The number of thioether (sulfide) groups is 1. The van der Waals surface area contributed by atoms with Crippen molar-refractivity contribution in [2.75, 3.05) is 13.2 Å². The molecule has 1 N–H and O–H groups in total. The molecule has 3 aliphatic rings. The van der Waals surface area contributed by atoms with E-state index in [2.05, 4.69) is 34.5 Å². The number of benzene rings is 2. The van der Waals surface area contributed by atoms with Gasteiger partial charge in [0.15, 0.2) is 5.79 Å². The van der Waals surface area contributed by atoms with E-state index in [1.165, 1.54) is 5.56 Å². The van der Waals surface area contributed by atoms with E-state index in [0.717, 1.165) is 42.6 Å². The first-order chi connectivity index (χ1) is 16.4. The van der Waals surface area contributed by atoms with E-state index in [4.69, 9.17) is 14.2 Å². The Morgan fingerprint density at radius 2 is 1.88 bits per heavy atom. The summed E-state index contributed by atoms with van der Waals surface area (Å²) < 4.78 is 18.5. The van der Waals surface area contributed by atoms with E-state index in [-0.39, 0.29) is 29.4 Å². The van der Waals surface area contributed by atoms with Crippen molar-refractivity contribution in [3.63, 3.8) is 0 Å². The normalized spacial score (nSPS) is 27.2. The number of carbonyl (C=O) groups excluding carboxylic acids is 2. The number of nitrogens with zero attached hydrogens (tertiary/aromatic N) is 1. The van der Waals surface area contributed by atoms with Crippen LogP contribution in [0.5, 0.6) is 5.75 Å². The van der Waals surface area contributed by atoms with Crippen LogP contribution in [-0.4, -0.2) is 53.2 Å². The second-order valence-corrected chi connectivity index (χ2v) is 10.2. The van der Waals surface area contributed by atoms with Crippen molar-refractivity contribution in [1.29, 1.82) is 0 Å². The van der Waals surface area contributed by atoms with Gasteiger partial charge in [0.1, 0.15) is 18.0 Å². The molecule has 3 aliphatic heterocycles. The minimum absolute atomic E-state index is 0.0223. The zero-order valence-electron chi connectivity index (χ0n) is 19.2. The molecule has 7 nitrogen and oxygen atoms in total. The van der Waals surface area contributed by atoms with Gasteiger partial charge in [-0.1, -0.05) is 42.5 Å². The van der Waals surface area contributed by atoms with Gasteiger partial charge in [-0.15, -0.1) is 0 Å². The Hall–Kier alpha value is -2.65. The zero-order chi connectivity index (χ0) is 23.7. The summed E-state index contributed by atoms with van der Waals surface area (Å²) in [6.45, 7) is 6.19. The largest absolute Gasteiger partial charge is 0.494 e. The first kappa shape index (κ1) is 23.1. The summed E-state index contributed by atoms with van der Waals surface area (Å²) in [5, 5.41) is 1.92. The summed E-state index contributed by atoms with van der Waals surface area (Å²) in [7, 11) is 0. The Kier molecular flexibility index (Phi) is 6.48. The summed E-state index contributed by atoms with van der Waals surface area (Å²) in [6.07, 6.45) is 2.61. The molecule has 2 amide bonds. The van der Waals surface area contributed by atoms with Crippen molar-refractivity contribution in [2.45, 2.75) is 50.8 Å². The third-order valence-corrected chi connectivity index (χ3v) is 7.03. The first-order valence-corrected chi connectivity index (χ1v) is 12.3. The van der Waals surface area contributed by atoms with E-state index in [1.54, 1.807) is 6.08 Å². The van der Waals surface area contributed by atoms with Crippen LogP contribution >= 0.6 is 11.8 Å². The molecule has 178 valence electrons. The predicted octanol–water partition coefficient (Wildman–Crippen LogP) is 4.18. The molecular weight excluding hydrogens is 452 g/mol. The molecule has 2 aromatic carbocycles. The molecule has 0 aliphatic carbocycles. The Morgan fingerprint density at radius 1 is 1.12 bits per heavy atom. The summed E-state index contributed by atoms with van der Waals surface area (Å²) >= 11 is 0.912. The summed E-state index contributed by atoms with van der Waals surface area (Å²) in [5.41, 5.74) is 2.11. The smallest absolute Gasteiger partial charge is 0.290 e. The van der Waals surface area contributed by atoms with Crippen molar-refractivity contribution in [3.05, 3.63) is 70.6 Å². The molecule has 2 aromatic rings. The van der Waals surface area contributed by atoms with Crippen LogP contribution in [0.3, 0.4) is 0 Å². The fraction of sp³-hybridized carbons (Fsp3) is 0.385. The second-order valence-electron chi connectivity index (χ2n) is 9.18. The second kappa shape index (κ2) is 9.54. The van der Waals surface area contributed by atoms with Crippen LogP contribution in [-0.2, 0) is 20.8 Å². The molecule has 0 radical (unpaired) electrons. The molecule has 0 saturated carbocycles. The molecule has 0 spiro atoms. The van der Waals surface area contributed by atoms with Crippen LogP contribution in [0, 0.1) is 0 Å². The molecule has 8 heteroatoms. The summed E-state index contributed by atoms with van der Waals surface area (Å²) in [5.74, 6) is -0.155. The fourth-order valence-corrected chi connectivity index (χ4v) is 5.46. The van der Waals surface area contributed by atoms with Crippen LogP contribution in [0.4, 0.5) is 4.79 Å². The highest BCUT2D eigenvalue weighted by Gasteiger charge is 2.52. The topological polar surface area (TPSA) is 77.1 Å². The van der Waals surface area contributed by atoms with Crippen molar-refractivity contribution in [3.8, 4) is 5.75 Å². The third kappa shape index (κ3) is 5.20. The SMILES string of the molecule is CC1(C)O[C@@H]2[C@@H](CN(Cc3ccccc3)[C@H]2CCOc2ccc(/C=C3\SC(=O)NC3=O)cc2)O1. The lowest BCUT2D eigenvalue weighted by molar-refractivity contribution is -0.162. The van der Waals surface area contributed by atoms with E-state index >= 15 is 0 Å². The summed E-state index contributed by atoms with van der Waals surface area (Å²) in [4.78, 5) is 25.9. The van der Waals surface area contributed by atoms with Gasteiger partial charge in [0.25, 0.3) is 11.1 Å². The van der Waals surface area contributed by atoms with Crippen LogP contribution < -0.4 is 10.1 Å². The number of fused-ring (bicyclic) bond motifs is 1. The highest BCUT2D eigenvalue weighted by atomic mass is 32.2. The number of nitrogens with one attached hydrogen (secondary N) is 1. The van der Waals surface area contributed by atoms with Crippen molar-refractivity contribution in [2.24, 2.45) is 0 Å². The van der Waals surface area contributed by atoms with Crippen LogP contribution in [0.1, 0.15) is 31.4 Å². The lowest BCUT2D eigenvalue weighted by atomic mass is 10.1. The number of imide groups is 1. The van der Waals surface area contributed by atoms with Gasteiger partial charge in [0.2, 0.25) is 0 Å². The van der Waals surface area contributed by atoms with Gasteiger partial charge >= 0.3 is 0 Å². The molecular formula is C26H28N2O5S. The number of amides is 2. The Bertz CT molecular complexity index is 1090. The first-order valence-electron chi connectivity index (χ1n) is 11.5. The number of ether oxygens (including phenoxy) is 3. The van der Waals surface area contributed by atoms with Gasteiger partial charge in [-0.05, 0) is 61.4 Å². The summed E-state index contributed by atoms with van der Waals surface area (Å²) in [6, 6.07) is 18.2. The molecule has 3 heterocycles. The molecule has 0 bridgehead atoms. The molecule has 5 rings (SSSR count). The zero-order valence-corrected chi connectivity index (χ0v) is 20.0. The Labute approximate surface area is 203 Å². The van der Waals surface area contributed by atoms with Gasteiger partial charge in [0, 0.05) is 19.1 Å². The van der Waals surface area contributed by atoms with Gasteiger partial charge in [0.05, 0.1) is 11.5 Å². The minimum Gasteiger partial charge on any atom is -0.494 e. The van der Waals surface area contributed by atoms with E-state index in [9.17, 15) is 9.59 Å². The number of hydrogen-bond donors (Lipinski definition) is 1. The molecule has 3 atom stereocenters. The fourth-order valence-electron chi connectivity index (χ4n) is 4.78. The van der Waals surface area contributed by atoms with E-state index in [1.807, 2.05) is 44.2 Å². The van der Waals surface area contributed by atoms with Gasteiger partial charge in [-0.2, -0.15) is 0 Å². The lowest BCUT2D eigenvalue weighted by Crippen LogP contribution is -2.39. The van der Waals surface area contributed by atoms with Crippen molar-refractivity contribution >= 4 is 29.0 Å². The van der Waals surface area contributed by atoms with Gasteiger partial charge in [-0.25, -0.2) is 0 Å². The van der Waals surface area contributed by atoms with Gasteiger partial charge < -0.3 is 14.2 Å². The average Bonchev–Trinajstić information content (AvgIpc) is 3.39. The maximum Gasteiger partial charge on any atom is 0.290 e. The van der Waals surface area contributed by atoms with Crippen LogP contribution in [0.25, 0.3) is 6.08 Å². The molecule has 0 unspecified atom stereocenters. The number of likely N-dealkylation sites (tertiary alicyclic amines) is 1. The maximum absolute atomic E-state index is 11.7. The monoisotopic (exact) mass is 480 g/mol. The predicted molar refractivity (Wildman–Crippen MR) is 130 cm³/mol. The molecule has 3 saturated heterocycles. The van der Waals surface area contributed by atoms with E-state index in [0.29, 0.717) is 11.5 Å².